The van der Waals surface area contributed by atoms with E-state index in [9.17, 15) is 0 Å². The second kappa shape index (κ2) is 6.06. The molecule has 0 saturated carbocycles. The van der Waals surface area contributed by atoms with Crippen molar-refractivity contribution in [1.29, 1.82) is 0 Å². The monoisotopic (exact) mass is 241 g/mol. The topological polar surface area (TPSA) is 58.0 Å². The van der Waals surface area contributed by atoms with Crippen molar-refractivity contribution in [2.45, 2.75) is 25.8 Å². The van der Waals surface area contributed by atoms with Crippen LogP contribution in [0.2, 0.25) is 0 Å². The summed E-state index contributed by atoms with van der Waals surface area (Å²) >= 11 is 1.67. The Balaban J connectivity index is 2.83. The third kappa shape index (κ3) is 3.35. The van der Waals surface area contributed by atoms with E-state index in [-0.39, 0.29) is 12.5 Å². The van der Waals surface area contributed by atoms with Crippen molar-refractivity contribution in [3.8, 4) is 0 Å². The van der Waals surface area contributed by atoms with Crippen LogP contribution in [-0.2, 0) is 0 Å². The molecule has 0 amide bonds. The molecule has 0 fully saturated rings. The highest BCUT2D eigenvalue weighted by Crippen LogP contribution is 2.26. The highest BCUT2D eigenvalue weighted by molar-refractivity contribution is 7.99. The van der Waals surface area contributed by atoms with E-state index in [1.165, 1.54) is 0 Å². The summed E-state index contributed by atoms with van der Waals surface area (Å²) in [7, 11) is 1.86. The van der Waals surface area contributed by atoms with Crippen LogP contribution in [0.15, 0.2) is 5.03 Å². The van der Waals surface area contributed by atoms with Crippen molar-refractivity contribution in [2.75, 3.05) is 24.7 Å². The van der Waals surface area contributed by atoms with Gasteiger partial charge in [-0.3, -0.25) is 0 Å². The van der Waals surface area contributed by atoms with Gasteiger partial charge in [0.2, 0.25) is 0 Å². The predicted molar refractivity (Wildman–Crippen MR) is 68.0 cm³/mol. The largest absolute Gasteiger partial charge is 0.396 e. The Labute approximate surface area is 101 Å². The number of aliphatic hydroxyl groups is 1. The van der Waals surface area contributed by atoms with Crippen LogP contribution in [0, 0.1) is 19.8 Å². The summed E-state index contributed by atoms with van der Waals surface area (Å²) in [5.41, 5.74) is 1.07. The number of hydrogen-bond acceptors (Lipinski definition) is 5. The van der Waals surface area contributed by atoms with Gasteiger partial charge >= 0.3 is 0 Å². The fraction of sp³-hybridized carbons (Fsp3) is 0.636. The summed E-state index contributed by atoms with van der Waals surface area (Å²) in [6.07, 6.45) is 0. The minimum Gasteiger partial charge on any atom is -0.396 e. The van der Waals surface area contributed by atoms with Crippen LogP contribution in [0.25, 0.3) is 0 Å². The molecule has 16 heavy (non-hydrogen) atoms. The molecule has 0 aliphatic heterocycles. The number of hydrogen-bond donors (Lipinski definition) is 2. The molecule has 1 aromatic rings. The van der Waals surface area contributed by atoms with Gasteiger partial charge in [0, 0.05) is 25.0 Å². The van der Waals surface area contributed by atoms with Crippen molar-refractivity contribution in [3.05, 3.63) is 11.4 Å². The van der Waals surface area contributed by atoms with Gasteiger partial charge in [-0.15, -0.1) is 11.8 Å². The summed E-state index contributed by atoms with van der Waals surface area (Å²) in [6.45, 7) is 6.14. The first-order chi connectivity index (χ1) is 7.58. The van der Waals surface area contributed by atoms with E-state index in [4.69, 9.17) is 5.11 Å². The quantitative estimate of drug-likeness (QED) is 0.608. The van der Waals surface area contributed by atoms with E-state index in [0.717, 1.165) is 28.0 Å². The van der Waals surface area contributed by atoms with Crippen molar-refractivity contribution in [2.24, 2.45) is 5.92 Å². The first-order valence-corrected chi connectivity index (χ1v) is 6.33. The maximum atomic E-state index is 8.98. The van der Waals surface area contributed by atoms with Gasteiger partial charge in [-0.05, 0) is 19.8 Å². The lowest BCUT2D eigenvalue weighted by Crippen LogP contribution is -2.06. The van der Waals surface area contributed by atoms with E-state index >= 15 is 0 Å². The molecule has 1 unspecified atom stereocenters. The molecule has 90 valence electrons. The molecule has 1 heterocycles. The van der Waals surface area contributed by atoms with E-state index in [2.05, 4.69) is 15.3 Å². The lowest BCUT2D eigenvalue weighted by Gasteiger charge is -2.12. The Bertz CT molecular complexity index is 357. The maximum absolute atomic E-state index is 8.98. The summed E-state index contributed by atoms with van der Waals surface area (Å²) in [6, 6.07) is 0. The first kappa shape index (κ1) is 13.3. The van der Waals surface area contributed by atoms with Gasteiger partial charge in [0.15, 0.2) is 0 Å². The second-order valence-corrected chi connectivity index (χ2v) is 4.91. The Kier molecular flexibility index (Phi) is 5.02. The van der Waals surface area contributed by atoms with Crippen molar-refractivity contribution in [1.82, 2.24) is 9.97 Å². The number of aromatic nitrogens is 2. The highest BCUT2D eigenvalue weighted by Gasteiger charge is 2.10. The Hall–Kier alpha value is -0.810. The molecule has 1 rings (SSSR count). The molecule has 0 bridgehead atoms. The average molecular weight is 241 g/mol. The third-order valence-electron chi connectivity index (χ3n) is 2.27. The van der Waals surface area contributed by atoms with E-state index < -0.39 is 0 Å². The van der Waals surface area contributed by atoms with Gasteiger partial charge < -0.3 is 10.4 Å². The van der Waals surface area contributed by atoms with Gasteiger partial charge in [-0.25, -0.2) is 9.97 Å². The summed E-state index contributed by atoms with van der Waals surface area (Å²) < 4.78 is 0. The van der Waals surface area contributed by atoms with Crippen LogP contribution in [0.1, 0.15) is 18.3 Å². The molecule has 0 saturated heterocycles. The standard InChI is InChI=1S/C11H19N3OS/c1-7(5-15)6-16-11-8(2)10(12-4)13-9(3)14-11/h7,15H,5-6H2,1-4H3,(H,12,13,14). The molecule has 0 radical (unpaired) electrons. The number of anilines is 1. The lowest BCUT2D eigenvalue weighted by molar-refractivity contribution is 0.250. The number of aryl methyl sites for hydroxylation is 1. The minimum atomic E-state index is 0.217. The van der Waals surface area contributed by atoms with Crippen LogP contribution in [0.3, 0.4) is 0 Å². The molecule has 4 nitrogen and oxygen atoms in total. The van der Waals surface area contributed by atoms with Crippen LogP contribution < -0.4 is 5.32 Å². The number of thioether (sulfide) groups is 1. The van der Waals surface area contributed by atoms with Gasteiger partial charge in [-0.2, -0.15) is 0 Å². The molecule has 2 N–H and O–H groups in total. The zero-order chi connectivity index (χ0) is 12.1. The normalized spacial score (nSPS) is 12.6. The third-order valence-corrected chi connectivity index (χ3v) is 3.67. The lowest BCUT2D eigenvalue weighted by atomic mass is 10.2. The zero-order valence-corrected chi connectivity index (χ0v) is 11.1. The van der Waals surface area contributed by atoms with Gasteiger partial charge in [0.05, 0.1) is 0 Å². The smallest absolute Gasteiger partial charge is 0.133 e. The SMILES string of the molecule is CNc1nc(C)nc(SCC(C)CO)c1C. The average Bonchev–Trinajstić information content (AvgIpc) is 2.29. The second-order valence-electron chi connectivity index (χ2n) is 3.90. The summed E-state index contributed by atoms with van der Waals surface area (Å²) in [4.78, 5) is 8.73. The molecule has 1 atom stereocenters. The van der Waals surface area contributed by atoms with Crippen LogP contribution in [-0.4, -0.2) is 34.5 Å². The molecule has 1 aromatic heterocycles. The predicted octanol–water partition coefficient (Wildman–Crippen LogP) is 1.86. The minimum absolute atomic E-state index is 0.217. The maximum Gasteiger partial charge on any atom is 0.133 e. The van der Waals surface area contributed by atoms with Crippen molar-refractivity contribution < 1.29 is 5.11 Å². The number of aliphatic hydroxyl groups excluding tert-OH is 1. The van der Waals surface area contributed by atoms with E-state index in [1.54, 1.807) is 11.8 Å². The number of nitrogens with one attached hydrogen (secondary N) is 1. The van der Waals surface area contributed by atoms with Crippen LogP contribution in [0.4, 0.5) is 5.82 Å². The molecule has 0 spiro atoms. The molecular formula is C11H19N3OS. The fourth-order valence-corrected chi connectivity index (χ4v) is 2.32. The molecule has 0 aliphatic rings. The molecule has 0 aliphatic carbocycles. The van der Waals surface area contributed by atoms with Gasteiger partial charge in [-0.1, -0.05) is 6.92 Å². The van der Waals surface area contributed by atoms with Crippen LogP contribution >= 0.6 is 11.8 Å². The fourth-order valence-electron chi connectivity index (χ4n) is 1.26. The molecular weight excluding hydrogens is 222 g/mol. The Morgan fingerprint density at radius 2 is 2.06 bits per heavy atom. The summed E-state index contributed by atoms with van der Waals surface area (Å²) in [5.74, 6) is 2.81. The molecule has 5 heteroatoms. The Morgan fingerprint density at radius 1 is 1.38 bits per heavy atom. The number of rotatable bonds is 5. The van der Waals surface area contributed by atoms with Gasteiger partial charge in [0.1, 0.15) is 16.7 Å². The highest BCUT2D eigenvalue weighted by atomic mass is 32.2. The van der Waals surface area contributed by atoms with Crippen LogP contribution in [0.5, 0.6) is 0 Å². The van der Waals surface area contributed by atoms with Gasteiger partial charge in [0.25, 0.3) is 0 Å². The van der Waals surface area contributed by atoms with E-state index in [1.807, 2.05) is 27.8 Å². The van der Waals surface area contributed by atoms with Crippen molar-refractivity contribution in [3.63, 3.8) is 0 Å². The van der Waals surface area contributed by atoms with Crippen molar-refractivity contribution >= 4 is 17.6 Å². The van der Waals surface area contributed by atoms with E-state index in [0.29, 0.717) is 0 Å². The number of nitrogens with zero attached hydrogens (tertiary/aromatic N) is 2. The Morgan fingerprint density at radius 3 is 2.62 bits per heavy atom. The molecule has 0 aromatic carbocycles. The summed E-state index contributed by atoms with van der Waals surface area (Å²) in [5, 5.41) is 13.0. The zero-order valence-electron chi connectivity index (χ0n) is 10.2. The first-order valence-electron chi connectivity index (χ1n) is 5.35.